The van der Waals surface area contributed by atoms with Crippen molar-refractivity contribution < 1.29 is 17.7 Å². The van der Waals surface area contributed by atoms with Gasteiger partial charge in [0.2, 0.25) is 5.95 Å². The molecule has 2 aliphatic heterocycles. The average molecular weight is 500 g/mol. The largest absolute Gasteiger partial charge is 0.361 e. The number of ether oxygens (including phenoxy) is 1. The number of aromatic nitrogens is 3. The summed E-state index contributed by atoms with van der Waals surface area (Å²) >= 11 is 0. The van der Waals surface area contributed by atoms with E-state index >= 15 is 0 Å². The molecule has 1 atom stereocenters. The van der Waals surface area contributed by atoms with Gasteiger partial charge in [0.15, 0.2) is 0 Å². The monoisotopic (exact) mass is 499 g/mol. The summed E-state index contributed by atoms with van der Waals surface area (Å²) < 4.78 is 42.8. The van der Waals surface area contributed by atoms with Gasteiger partial charge in [0.05, 0.1) is 34.3 Å². The Morgan fingerprint density at radius 3 is 2.77 bits per heavy atom. The maximum Gasteiger partial charge on any atom is 0.345 e. The lowest BCUT2D eigenvalue weighted by Gasteiger charge is -2.43. The van der Waals surface area contributed by atoms with Crippen LogP contribution in [0.15, 0.2) is 29.3 Å². The Hall–Kier alpha value is -2.90. The second kappa shape index (κ2) is 9.99. The SMILES string of the molecule is CC#Cc1ccc(C2=CCN(c3nc4c(c(NC5(COC(F)F)CCC5)n3)[S@](=O)CC4)CC2)nc1. The zero-order valence-electron chi connectivity index (χ0n) is 19.5. The number of rotatable bonds is 7. The molecular formula is C25H27F2N5O2S. The smallest absolute Gasteiger partial charge is 0.345 e. The quantitative estimate of drug-likeness (QED) is 0.581. The van der Waals surface area contributed by atoms with Crippen LogP contribution < -0.4 is 10.2 Å². The Kier molecular flexibility index (Phi) is 6.80. The number of pyridine rings is 1. The summed E-state index contributed by atoms with van der Waals surface area (Å²) in [4.78, 5) is 16.7. The average Bonchev–Trinajstić information content (AvgIpc) is 3.22. The molecule has 4 heterocycles. The number of hydrogen-bond acceptors (Lipinski definition) is 7. The summed E-state index contributed by atoms with van der Waals surface area (Å²) in [6, 6.07) is 3.96. The van der Waals surface area contributed by atoms with Crippen LogP contribution >= 0.6 is 0 Å². The maximum absolute atomic E-state index is 12.7. The first-order valence-electron chi connectivity index (χ1n) is 11.8. The first kappa shape index (κ1) is 23.8. The Morgan fingerprint density at radius 2 is 2.14 bits per heavy atom. The molecule has 35 heavy (non-hydrogen) atoms. The van der Waals surface area contributed by atoms with Gasteiger partial charge in [-0.3, -0.25) is 9.19 Å². The maximum atomic E-state index is 12.7. The minimum atomic E-state index is -2.82. The Balaban J connectivity index is 1.37. The van der Waals surface area contributed by atoms with E-state index in [-0.39, 0.29) is 6.61 Å². The number of nitrogens with one attached hydrogen (secondary N) is 1. The molecule has 1 saturated carbocycles. The van der Waals surface area contributed by atoms with Crippen molar-refractivity contribution >= 4 is 28.1 Å². The summed E-state index contributed by atoms with van der Waals surface area (Å²) in [5.41, 5.74) is 3.14. The zero-order chi connectivity index (χ0) is 24.4. The third kappa shape index (κ3) is 5.07. The predicted octanol–water partition coefficient (Wildman–Crippen LogP) is 3.77. The van der Waals surface area contributed by atoms with E-state index in [0.717, 1.165) is 35.4 Å². The number of halogens is 2. The highest BCUT2D eigenvalue weighted by atomic mass is 32.2. The predicted molar refractivity (Wildman–Crippen MR) is 131 cm³/mol. The third-order valence-electron chi connectivity index (χ3n) is 6.71. The molecule has 0 aromatic carbocycles. The topological polar surface area (TPSA) is 80.2 Å². The molecule has 2 aromatic heterocycles. The normalized spacial score (nSPS) is 20.5. The van der Waals surface area contributed by atoms with E-state index in [9.17, 15) is 13.0 Å². The number of aryl methyl sites for hydroxylation is 1. The number of anilines is 2. The molecule has 0 unspecified atom stereocenters. The highest BCUT2D eigenvalue weighted by molar-refractivity contribution is 7.85. The molecule has 0 spiro atoms. The van der Waals surface area contributed by atoms with Crippen molar-refractivity contribution in [3.8, 4) is 11.8 Å². The lowest BCUT2D eigenvalue weighted by Crippen LogP contribution is -2.50. The van der Waals surface area contributed by atoms with Gasteiger partial charge < -0.3 is 15.0 Å². The molecule has 0 bridgehead atoms. The zero-order valence-corrected chi connectivity index (χ0v) is 20.3. The molecular weight excluding hydrogens is 472 g/mol. The van der Waals surface area contributed by atoms with Crippen LogP contribution in [-0.4, -0.2) is 56.8 Å². The minimum absolute atomic E-state index is 0.114. The molecule has 10 heteroatoms. The number of nitrogens with zero attached hydrogens (tertiary/aromatic N) is 4. The van der Waals surface area contributed by atoms with Crippen LogP contribution in [-0.2, 0) is 22.0 Å². The van der Waals surface area contributed by atoms with Crippen molar-refractivity contribution in [2.75, 3.05) is 35.7 Å². The Morgan fingerprint density at radius 1 is 1.29 bits per heavy atom. The molecule has 3 aliphatic rings. The van der Waals surface area contributed by atoms with E-state index < -0.39 is 22.9 Å². The standard InChI is InChI=1S/C25H27F2N5O2S/c1-2-4-17-5-6-19(28-15-17)18-7-12-32(13-8-18)24-29-20-9-14-35(33)21(20)22(30-24)31-25(10-3-11-25)16-34-23(26)27/h5-7,15,23H,3,8-14,16H2,1H3,(H,29,30,31)/t35-/m1/s1. The molecule has 0 radical (unpaired) electrons. The third-order valence-corrected chi connectivity index (χ3v) is 8.17. The van der Waals surface area contributed by atoms with Crippen LogP contribution in [0.3, 0.4) is 0 Å². The lowest BCUT2D eigenvalue weighted by atomic mass is 9.77. The summed E-state index contributed by atoms with van der Waals surface area (Å²) in [6.45, 7) is 0.195. The van der Waals surface area contributed by atoms with Gasteiger partial charge in [0.25, 0.3) is 0 Å². The molecule has 1 N–H and O–H groups in total. The Labute approximate surface area is 205 Å². The first-order chi connectivity index (χ1) is 17.0. The molecule has 1 aliphatic carbocycles. The van der Waals surface area contributed by atoms with Crippen molar-refractivity contribution in [3.63, 3.8) is 0 Å². The van der Waals surface area contributed by atoms with Crippen LogP contribution in [0.5, 0.6) is 0 Å². The second-order valence-electron chi connectivity index (χ2n) is 9.01. The van der Waals surface area contributed by atoms with Crippen molar-refractivity contribution in [1.29, 1.82) is 0 Å². The van der Waals surface area contributed by atoms with Gasteiger partial charge in [-0.15, -0.1) is 5.92 Å². The molecule has 2 aromatic rings. The van der Waals surface area contributed by atoms with Gasteiger partial charge in [0.1, 0.15) is 10.7 Å². The van der Waals surface area contributed by atoms with Crippen LogP contribution in [0.25, 0.3) is 5.57 Å². The fourth-order valence-corrected chi connectivity index (χ4v) is 5.98. The van der Waals surface area contributed by atoms with Gasteiger partial charge in [0, 0.05) is 37.0 Å². The van der Waals surface area contributed by atoms with E-state index in [1.54, 1.807) is 13.1 Å². The molecule has 7 nitrogen and oxygen atoms in total. The fraction of sp³-hybridized carbons (Fsp3) is 0.480. The van der Waals surface area contributed by atoms with Gasteiger partial charge in [-0.25, -0.2) is 4.98 Å². The summed E-state index contributed by atoms with van der Waals surface area (Å²) in [5, 5.41) is 3.34. The van der Waals surface area contributed by atoms with Gasteiger partial charge >= 0.3 is 6.61 Å². The second-order valence-corrected chi connectivity index (χ2v) is 10.5. The van der Waals surface area contributed by atoms with Gasteiger partial charge in [-0.2, -0.15) is 13.8 Å². The summed E-state index contributed by atoms with van der Waals surface area (Å²) in [7, 11) is -1.21. The number of alkyl halides is 2. The Bertz CT molecular complexity index is 1220. The van der Waals surface area contributed by atoms with E-state index in [0.29, 0.717) is 54.8 Å². The van der Waals surface area contributed by atoms with Gasteiger partial charge in [-0.1, -0.05) is 12.0 Å². The molecule has 0 saturated heterocycles. The highest BCUT2D eigenvalue weighted by Crippen LogP contribution is 2.39. The van der Waals surface area contributed by atoms with Crippen molar-refractivity contribution in [1.82, 2.24) is 15.0 Å². The summed E-state index contributed by atoms with van der Waals surface area (Å²) in [5.74, 6) is 7.43. The van der Waals surface area contributed by atoms with Gasteiger partial charge in [-0.05, 0) is 50.3 Å². The highest BCUT2D eigenvalue weighted by Gasteiger charge is 2.40. The van der Waals surface area contributed by atoms with Crippen LogP contribution in [0.1, 0.15) is 49.6 Å². The first-order valence-corrected chi connectivity index (χ1v) is 13.1. The molecule has 1 fully saturated rings. The summed E-state index contributed by atoms with van der Waals surface area (Å²) in [6.07, 6.45) is 7.63. The van der Waals surface area contributed by atoms with Crippen molar-refractivity contribution in [2.24, 2.45) is 0 Å². The van der Waals surface area contributed by atoms with E-state index in [2.05, 4.69) is 37.9 Å². The van der Waals surface area contributed by atoms with Crippen molar-refractivity contribution in [3.05, 3.63) is 41.4 Å². The van der Waals surface area contributed by atoms with E-state index in [1.165, 1.54) is 0 Å². The van der Waals surface area contributed by atoms with Crippen LogP contribution in [0.2, 0.25) is 0 Å². The molecule has 5 rings (SSSR count). The van der Waals surface area contributed by atoms with Crippen LogP contribution in [0, 0.1) is 11.8 Å². The lowest BCUT2D eigenvalue weighted by molar-refractivity contribution is -0.145. The minimum Gasteiger partial charge on any atom is -0.361 e. The van der Waals surface area contributed by atoms with Crippen LogP contribution in [0.4, 0.5) is 20.5 Å². The van der Waals surface area contributed by atoms with Crippen molar-refractivity contribution in [2.45, 2.75) is 56.1 Å². The van der Waals surface area contributed by atoms with E-state index in [4.69, 9.17) is 9.97 Å². The number of fused-ring (bicyclic) bond motifs is 1. The number of hydrogen-bond donors (Lipinski definition) is 1. The van der Waals surface area contributed by atoms with E-state index in [1.807, 2.05) is 12.1 Å². The molecule has 184 valence electrons. The fourth-order valence-electron chi connectivity index (χ4n) is 4.68. The molecule has 0 amide bonds.